The molecule has 3 heteroatoms. The fraction of sp³-hybridized carbons (Fsp3) is 0.727. The Kier molecular flexibility index (Phi) is 3.19. The molecule has 1 aliphatic rings. The summed E-state index contributed by atoms with van der Waals surface area (Å²) in [6.07, 6.45) is 9.26. The predicted molar refractivity (Wildman–Crippen MR) is 57.2 cm³/mol. The maximum atomic E-state index is 4.34. The Labute approximate surface area is 85.7 Å². The van der Waals surface area contributed by atoms with Crippen LogP contribution >= 0.6 is 0 Å². The minimum Gasteiger partial charge on any atom is -0.340 e. The molecule has 1 aliphatic heterocycles. The molecule has 1 aromatic rings. The van der Waals surface area contributed by atoms with Gasteiger partial charge in [0.1, 0.15) is 0 Å². The molecule has 2 rings (SSSR count). The van der Waals surface area contributed by atoms with Crippen LogP contribution in [0, 0.1) is 0 Å². The van der Waals surface area contributed by atoms with Gasteiger partial charge in [-0.2, -0.15) is 0 Å². The Bertz CT molecular complexity index is 274. The molecule has 0 aliphatic carbocycles. The third kappa shape index (κ3) is 2.58. The maximum Gasteiger partial charge on any atom is 0.0946 e. The number of aromatic nitrogens is 2. The van der Waals surface area contributed by atoms with Gasteiger partial charge in [0.15, 0.2) is 0 Å². The van der Waals surface area contributed by atoms with Crippen molar-refractivity contribution in [2.75, 3.05) is 19.6 Å². The highest BCUT2D eigenvalue weighted by molar-refractivity contribution is 4.96. The summed E-state index contributed by atoms with van der Waals surface area (Å²) in [5, 5.41) is 0. The predicted octanol–water partition coefficient (Wildman–Crippen LogP) is 1.45. The van der Waals surface area contributed by atoms with Crippen LogP contribution in [0.15, 0.2) is 12.5 Å². The van der Waals surface area contributed by atoms with Crippen LogP contribution in [0.3, 0.4) is 0 Å². The number of likely N-dealkylation sites (tertiary alicyclic amines) is 1. The molecule has 1 saturated heterocycles. The average Bonchev–Trinajstić information content (AvgIpc) is 2.63. The van der Waals surface area contributed by atoms with Crippen LogP contribution in [0.5, 0.6) is 0 Å². The van der Waals surface area contributed by atoms with Gasteiger partial charge in [0.2, 0.25) is 0 Å². The van der Waals surface area contributed by atoms with Crippen LogP contribution in [-0.2, 0) is 13.5 Å². The van der Waals surface area contributed by atoms with Crippen molar-refractivity contribution in [2.24, 2.45) is 7.05 Å². The first-order valence-electron chi connectivity index (χ1n) is 5.54. The molecule has 0 N–H and O–H groups in total. The van der Waals surface area contributed by atoms with Crippen LogP contribution in [0.1, 0.15) is 25.0 Å². The van der Waals surface area contributed by atoms with Crippen LogP contribution in [-0.4, -0.2) is 34.1 Å². The molecular weight excluding hydrogens is 174 g/mol. The van der Waals surface area contributed by atoms with Crippen LogP contribution in [0.2, 0.25) is 0 Å². The number of imidazole rings is 1. The van der Waals surface area contributed by atoms with E-state index in [1.54, 1.807) is 0 Å². The minimum absolute atomic E-state index is 1.10. The van der Waals surface area contributed by atoms with Crippen molar-refractivity contribution in [2.45, 2.75) is 25.7 Å². The zero-order valence-electron chi connectivity index (χ0n) is 8.95. The monoisotopic (exact) mass is 193 g/mol. The van der Waals surface area contributed by atoms with E-state index in [1.807, 2.05) is 17.9 Å². The second-order valence-electron chi connectivity index (χ2n) is 4.18. The molecular formula is C11H19N3. The van der Waals surface area contributed by atoms with Gasteiger partial charge in [0, 0.05) is 26.2 Å². The van der Waals surface area contributed by atoms with Crippen molar-refractivity contribution < 1.29 is 0 Å². The first-order valence-corrected chi connectivity index (χ1v) is 5.54. The maximum absolute atomic E-state index is 4.34. The molecule has 1 aromatic heterocycles. The van der Waals surface area contributed by atoms with E-state index in [2.05, 4.69) is 16.1 Å². The fourth-order valence-electron chi connectivity index (χ4n) is 2.05. The minimum atomic E-state index is 1.10. The van der Waals surface area contributed by atoms with Gasteiger partial charge in [-0.1, -0.05) is 6.42 Å². The molecule has 0 aromatic carbocycles. The summed E-state index contributed by atoms with van der Waals surface area (Å²) >= 11 is 0. The number of hydrogen-bond donors (Lipinski definition) is 0. The van der Waals surface area contributed by atoms with Gasteiger partial charge in [0.25, 0.3) is 0 Å². The lowest BCUT2D eigenvalue weighted by molar-refractivity contribution is 0.231. The fourth-order valence-corrected chi connectivity index (χ4v) is 2.05. The van der Waals surface area contributed by atoms with E-state index in [4.69, 9.17) is 0 Å². The number of nitrogens with zero attached hydrogens (tertiary/aromatic N) is 3. The van der Waals surface area contributed by atoms with E-state index in [9.17, 15) is 0 Å². The van der Waals surface area contributed by atoms with Crippen molar-refractivity contribution in [1.29, 1.82) is 0 Å². The summed E-state index contributed by atoms with van der Waals surface area (Å²) in [6.45, 7) is 3.75. The van der Waals surface area contributed by atoms with E-state index in [-0.39, 0.29) is 0 Å². The van der Waals surface area contributed by atoms with Gasteiger partial charge in [-0.25, -0.2) is 4.98 Å². The standard InChI is InChI=1S/C11H19N3/c1-13-9-11(12-10-13)5-8-14-6-3-2-4-7-14/h9-10H,2-8H2,1H3. The van der Waals surface area contributed by atoms with E-state index >= 15 is 0 Å². The van der Waals surface area contributed by atoms with E-state index in [0.717, 1.165) is 6.42 Å². The summed E-state index contributed by atoms with van der Waals surface area (Å²) in [7, 11) is 2.03. The molecule has 2 heterocycles. The Balaban J connectivity index is 1.76. The second-order valence-corrected chi connectivity index (χ2v) is 4.18. The SMILES string of the molecule is Cn1cnc(CCN2CCCCC2)c1. The highest BCUT2D eigenvalue weighted by atomic mass is 15.1. The Morgan fingerprint density at radius 3 is 2.71 bits per heavy atom. The van der Waals surface area contributed by atoms with Crippen LogP contribution in [0.4, 0.5) is 0 Å². The number of hydrogen-bond acceptors (Lipinski definition) is 2. The Morgan fingerprint density at radius 2 is 2.07 bits per heavy atom. The topological polar surface area (TPSA) is 21.1 Å². The molecule has 0 spiro atoms. The quantitative estimate of drug-likeness (QED) is 0.724. The number of piperidine rings is 1. The van der Waals surface area contributed by atoms with Gasteiger partial charge in [-0.15, -0.1) is 0 Å². The molecule has 0 bridgehead atoms. The van der Waals surface area contributed by atoms with E-state index < -0.39 is 0 Å². The molecule has 0 saturated carbocycles. The average molecular weight is 193 g/mol. The summed E-state index contributed by atoms with van der Waals surface area (Å²) in [5.41, 5.74) is 1.22. The van der Waals surface area contributed by atoms with Crippen LogP contribution < -0.4 is 0 Å². The molecule has 0 atom stereocenters. The summed E-state index contributed by atoms with van der Waals surface area (Å²) in [5.74, 6) is 0. The zero-order valence-corrected chi connectivity index (χ0v) is 8.95. The Hall–Kier alpha value is -0.830. The normalized spacial score (nSPS) is 18.6. The molecule has 78 valence electrons. The number of aryl methyl sites for hydroxylation is 1. The third-order valence-electron chi connectivity index (χ3n) is 2.89. The van der Waals surface area contributed by atoms with Gasteiger partial charge < -0.3 is 9.47 Å². The van der Waals surface area contributed by atoms with Gasteiger partial charge in [-0.05, 0) is 25.9 Å². The molecule has 0 amide bonds. The largest absolute Gasteiger partial charge is 0.340 e. The Morgan fingerprint density at radius 1 is 1.29 bits per heavy atom. The van der Waals surface area contributed by atoms with Gasteiger partial charge in [0.05, 0.1) is 12.0 Å². The lowest BCUT2D eigenvalue weighted by atomic mass is 10.1. The molecule has 14 heavy (non-hydrogen) atoms. The smallest absolute Gasteiger partial charge is 0.0946 e. The van der Waals surface area contributed by atoms with Crippen molar-refractivity contribution in [1.82, 2.24) is 14.5 Å². The van der Waals surface area contributed by atoms with Gasteiger partial charge in [-0.3, -0.25) is 0 Å². The summed E-state index contributed by atoms with van der Waals surface area (Å²) in [6, 6.07) is 0. The lowest BCUT2D eigenvalue weighted by Gasteiger charge is -2.25. The zero-order chi connectivity index (χ0) is 9.80. The molecule has 3 nitrogen and oxygen atoms in total. The molecule has 0 radical (unpaired) electrons. The first-order chi connectivity index (χ1) is 6.84. The third-order valence-corrected chi connectivity index (χ3v) is 2.89. The van der Waals surface area contributed by atoms with Crippen molar-refractivity contribution in [3.8, 4) is 0 Å². The van der Waals surface area contributed by atoms with E-state index in [0.29, 0.717) is 0 Å². The molecule has 0 unspecified atom stereocenters. The summed E-state index contributed by atoms with van der Waals surface area (Å²) in [4.78, 5) is 6.89. The highest BCUT2D eigenvalue weighted by Crippen LogP contribution is 2.09. The molecule has 1 fully saturated rings. The van der Waals surface area contributed by atoms with Gasteiger partial charge >= 0.3 is 0 Å². The summed E-state index contributed by atoms with van der Waals surface area (Å²) < 4.78 is 2.02. The van der Waals surface area contributed by atoms with E-state index in [1.165, 1.54) is 44.6 Å². The van der Waals surface area contributed by atoms with Crippen LogP contribution in [0.25, 0.3) is 0 Å². The van der Waals surface area contributed by atoms with Crippen molar-refractivity contribution in [3.05, 3.63) is 18.2 Å². The van der Waals surface area contributed by atoms with Crippen molar-refractivity contribution >= 4 is 0 Å². The first kappa shape index (κ1) is 9.71. The number of rotatable bonds is 3. The highest BCUT2D eigenvalue weighted by Gasteiger charge is 2.09. The second kappa shape index (κ2) is 4.60. The van der Waals surface area contributed by atoms with Crippen molar-refractivity contribution in [3.63, 3.8) is 0 Å². The lowest BCUT2D eigenvalue weighted by Crippen LogP contribution is -2.31.